The number of hydrogen-bond donors (Lipinski definition) is 0. The summed E-state index contributed by atoms with van der Waals surface area (Å²) in [7, 11) is 0. The summed E-state index contributed by atoms with van der Waals surface area (Å²) < 4.78 is 1.85. The van der Waals surface area contributed by atoms with Gasteiger partial charge in [-0.1, -0.05) is 23.9 Å². The van der Waals surface area contributed by atoms with Crippen molar-refractivity contribution in [2.24, 2.45) is 0 Å². The Kier molecular flexibility index (Phi) is 5.88. The zero-order valence-electron chi connectivity index (χ0n) is 15.7. The zero-order valence-corrected chi connectivity index (χ0v) is 16.5. The first kappa shape index (κ1) is 18.9. The first-order chi connectivity index (χ1) is 13.7. The number of rotatable bonds is 6. The van der Waals surface area contributed by atoms with Gasteiger partial charge in [-0.2, -0.15) is 5.26 Å². The van der Waals surface area contributed by atoms with Crippen LogP contribution in [0.4, 0.5) is 0 Å². The van der Waals surface area contributed by atoms with Gasteiger partial charge in [-0.3, -0.25) is 9.69 Å². The van der Waals surface area contributed by atoms with Crippen LogP contribution in [0.3, 0.4) is 0 Å². The third-order valence-electron chi connectivity index (χ3n) is 5.11. The second-order valence-corrected chi connectivity index (χ2v) is 8.19. The lowest BCUT2D eigenvalue weighted by molar-refractivity contribution is -0.128. The molecule has 1 saturated carbocycles. The molecule has 2 aromatic rings. The lowest BCUT2D eigenvalue weighted by Crippen LogP contribution is -2.36. The van der Waals surface area contributed by atoms with Gasteiger partial charge >= 0.3 is 0 Å². The summed E-state index contributed by atoms with van der Waals surface area (Å²) >= 11 is 1.43. The van der Waals surface area contributed by atoms with Crippen LogP contribution in [-0.4, -0.2) is 67.8 Å². The Morgan fingerprint density at radius 2 is 2.00 bits per heavy atom. The zero-order chi connectivity index (χ0) is 19.3. The molecule has 1 aliphatic heterocycles. The molecule has 1 amide bonds. The number of nitriles is 1. The van der Waals surface area contributed by atoms with E-state index in [1.807, 2.05) is 33.8 Å². The normalized spacial score (nSPS) is 17.9. The molecule has 1 saturated heterocycles. The quantitative estimate of drug-likeness (QED) is 0.685. The Bertz CT molecular complexity index is 856. The summed E-state index contributed by atoms with van der Waals surface area (Å²) in [6, 6.07) is 10.3. The predicted octanol–water partition coefficient (Wildman–Crippen LogP) is 1.71. The van der Waals surface area contributed by atoms with E-state index in [0.717, 1.165) is 57.1 Å². The van der Waals surface area contributed by atoms with Gasteiger partial charge in [0, 0.05) is 32.7 Å². The van der Waals surface area contributed by atoms with E-state index in [0.29, 0.717) is 17.4 Å². The molecule has 9 heteroatoms. The van der Waals surface area contributed by atoms with Crippen LogP contribution >= 0.6 is 11.8 Å². The molecule has 0 spiro atoms. The van der Waals surface area contributed by atoms with Gasteiger partial charge < -0.3 is 4.90 Å². The second kappa shape index (κ2) is 8.71. The number of thioether (sulfide) groups is 1. The van der Waals surface area contributed by atoms with Crippen molar-refractivity contribution in [3.8, 4) is 6.07 Å². The van der Waals surface area contributed by atoms with Gasteiger partial charge in [-0.05, 0) is 47.4 Å². The molecule has 4 rings (SSSR count). The average Bonchev–Trinajstić information content (AvgIpc) is 3.50. The molecule has 0 atom stereocenters. The number of aromatic nitrogens is 4. The van der Waals surface area contributed by atoms with E-state index in [9.17, 15) is 4.79 Å². The molecule has 2 aliphatic rings. The van der Waals surface area contributed by atoms with Gasteiger partial charge in [-0.25, -0.2) is 4.68 Å². The van der Waals surface area contributed by atoms with E-state index in [1.54, 1.807) is 0 Å². The molecular formula is C19H23N7OS. The van der Waals surface area contributed by atoms with Crippen LogP contribution in [0.2, 0.25) is 0 Å². The maximum atomic E-state index is 12.7. The van der Waals surface area contributed by atoms with Crippen molar-refractivity contribution in [2.75, 3.05) is 31.9 Å². The number of benzene rings is 1. The number of tetrazole rings is 1. The summed E-state index contributed by atoms with van der Waals surface area (Å²) in [5.41, 5.74) is 1.88. The number of carbonyl (C=O) groups is 1. The smallest absolute Gasteiger partial charge is 0.233 e. The molecule has 1 aromatic heterocycles. The third-order valence-corrected chi connectivity index (χ3v) is 6.03. The van der Waals surface area contributed by atoms with Gasteiger partial charge in [0.1, 0.15) is 0 Å². The summed E-state index contributed by atoms with van der Waals surface area (Å²) in [4.78, 5) is 17.0. The van der Waals surface area contributed by atoms with E-state index in [-0.39, 0.29) is 5.91 Å². The van der Waals surface area contributed by atoms with Crippen molar-refractivity contribution >= 4 is 17.7 Å². The molecule has 8 nitrogen and oxygen atoms in total. The van der Waals surface area contributed by atoms with Crippen LogP contribution in [0.1, 0.15) is 36.4 Å². The van der Waals surface area contributed by atoms with Crippen LogP contribution in [0.25, 0.3) is 0 Å². The number of amides is 1. The van der Waals surface area contributed by atoms with E-state index >= 15 is 0 Å². The molecule has 28 heavy (non-hydrogen) atoms. The summed E-state index contributed by atoms with van der Waals surface area (Å²) in [5.74, 6) is 0.526. The van der Waals surface area contributed by atoms with Gasteiger partial charge in [0.15, 0.2) is 0 Å². The third kappa shape index (κ3) is 4.69. The fourth-order valence-electron chi connectivity index (χ4n) is 3.37. The summed E-state index contributed by atoms with van der Waals surface area (Å²) in [5, 5.41) is 21.5. The Labute approximate surface area is 168 Å². The Morgan fingerprint density at radius 3 is 2.75 bits per heavy atom. The minimum Gasteiger partial charge on any atom is -0.341 e. The van der Waals surface area contributed by atoms with Crippen LogP contribution < -0.4 is 0 Å². The minimum atomic E-state index is 0.149. The van der Waals surface area contributed by atoms with Crippen LogP contribution in [0.5, 0.6) is 0 Å². The van der Waals surface area contributed by atoms with Crippen molar-refractivity contribution in [3.05, 3.63) is 35.4 Å². The molecule has 1 aliphatic carbocycles. The fourth-order valence-corrected chi connectivity index (χ4v) is 4.21. The number of carbonyl (C=O) groups excluding carboxylic acids is 1. The lowest BCUT2D eigenvalue weighted by atomic mass is 10.1. The Morgan fingerprint density at radius 1 is 1.18 bits per heavy atom. The van der Waals surface area contributed by atoms with Gasteiger partial charge in [0.25, 0.3) is 0 Å². The highest BCUT2D eigenvalue weighted by Gasteiger charge is 2.28. The number of hydrogen-bond acceptors (Lipinski definition) is 7. The van der Waals surface area contributed by atoms with Gasteiger partial charge in [0.05, 0.1) is 23.4 Å². The van der Waals surface area contributed by atoms with E-state index in [4.69, 9.17) is 5.26 Å². The van der Waals surface area contributed by atoms with E-state index < -0.39 is 0 Å². The molecule has 146 valence electrons. The first-order valence-corrected chi connectivity index (χ1v) is 10.6. The molecule has 0 unspecified atom stereocenters. The molecule has 0 bridgehead atoms. The van der Waals surface area contributed by atoms with Crippen LogP contribution in [-0.2, 0) is 11.3 Å². The van der Waals surface area contributed by atoms with E-state index in [2.05, 4.69) is 26.5 Å². The summed E-state index contributed by atoms with van der Waals surface area (Å²) in [6.07, 6.45) is 3.20. The predicted molar refractivity (Wildman–Crippen MR) is 104 cm³/mol. The largest absolute Gasteiger partial charge is 0.341 e. The lowest BCUT2D eigenvalue weighted by Gasteiger charge is -2.22. The van der Waals surface area contributed by atoms with Crippen molar-refractivity contribution in [3.63, 3.8) is 0 Å². The second-order valence-electron chi connectivity index (χ2n) is 7.25. The summed E-state index contributed by atoms with van der Waals surface area (Å²) in [6.45, 7) is 4.20. The van der Waals surface area contributed by atoms with Crippen molar-refractivity contribution in [1.29, 1.82) is 5.26 Å². The van der Waals surface area contributed by atoms with Crippen LogP contribution in [0.15, 0.2) is 29.4 Å². The topological polar surface area (TPSA) is 90.9 Å². The van der Waals surface area contributed by atoms with Crippen LogP contribution in [0, 0.1) is 11.3 Å². The molecule has 2 fully saturated rings. The van der Waals surface area contributed by atoms with Crippen molar-refractivity contribution in [2.45, 2.75) is 37.0 Å². The monoisotopic (exact) mass is 397 g/mol. The molecule has 1 aromatic carbocycles. The standard InChI is InChI=1S/C19H23N7OS/c20-12-15-2-4-16(5-3-15)13-24-8-1-9-25(11-10-24)18(27)14-28-19-21-22-23-26(19)17-6-7-17/h2-5,17H,1,6-11,13-14H2. The van der Waals surface area contributed by atoms with Crippen molar-refractivity contribution < 1.29 is 4.79 Å². The highest BCUT2D eigenvalue weighted by Crippen LogP contribution is 2.36. The van der Waals surface area contributed by atoms with Gasteiger partial charge in [-0.15, -0.1) is 5.10 Å². The molecule has 0 radical (unpaired) electrons. The van der Waals surface area contributed by atoms with Gasteiger partial charge in [0.2, 0.25) is 11.1 Å². The fraction of sp³-hybridized carbons (Fsp3) is 0.526. The average molecular weight is 398 g/mol. The molecular weight excluding hydrogens is 374 g/mol. The molecule has 2 heterocycles. The maximum Gasteiger partial charge on any atom is 0.233 e. The van der Waals surface area contributed by atoms with Crippen molar-refractivity contribution in [1.82, 2.24) is 30.0 Å². The maximum absolute atomic E-state index is 12.7. The Hall–Kier alpha value is -2.44. The van der Waals surface area contributed by atoms with E-state index in [1.165, 1.54) is 17.3 Å². The minimum absolute atomic E-state index is 0.149. The highest BCUT2D eigenvalue weighted by molar-refractivity contribution is 7.99. The Balaban J connectivity index is 1.26. The highest BCUT2D eigenvalue weighted by atomic mass is 32.2. The molecule has 0 N–H and O–H groups in total. The first-order valence-electron chi connectivity index (χ1n) is 9.63. The number of nitrogens with zero attached hydrogens (tertiary/aromatic N) is 7. The SMILES string of the molecule is N#Cc1ccc(CN2CCCN(C(=O)CSc3nnnn3C3CC3)CC2)cc1.